The van der Waals surface area contributed by atoms with Crippen LogP contribution >= 0.6 is 0 Å². The van der Waals surface area contributed by atoms with Gasteiger partial charge in [0.05, 0.1) is 11.0 Å². The highest BCUT2D eigenvalue weighted by atomic mass is 16.4. The quantitative estimate of drug-likeness (QED) is 0.293. The van der Waals surface area contributed by atoms with Crippen molar-refractivity contribution in [2.75, 3.05) is 0 Å². The van der Waals surface area contributed by atoms with Gasteiger partial charge in [0.25, 0.3) is 5.56 Å². The first-order valence-electron chi connectivity index (χ1n) is 11.7. The van der Waals surface area contributed by atoms with Gasteiger partial charge in [0.2, 0.25) is 11.8 Å². The van der Waals surface area contributed by atoms with Gasteiger partial charge in [-0.15, -0.1) is 10.2 Å². The van der Waals surface area contributed by atoms with E-state index < -0.39 is 0 Å². The predicted octanol–water partition coefficient (Wildman–Crippen LogP) is 6.46. The number of aromatic nitrogens is 4. The maximum Gasteiger partial charge on any atom is 0.264 e. The second-order valence-electron chi connectivity index (χ2n) is 8.89. The third-order valence-electron chi connectivity index (χ3n) is 6.95. The molecule has 6 nitrogen and oxygen atoms in total. The molecule has 8 rings (SSSR count). The van der Waals surface area contributed by atoms with Crippen LogP contribution in [0.1, 0.15) is 0 Å². The fourth-order valence-electron chi connectivity index (χ4n) is 5.34. The number of nitrogens with zero attached hydrogens (tertiary/aromatic N) is 4. The van der Waals surface area contributed by atoms with Crippen molar-refractivity contribution in [2.45, 2.75) is 0 Å². The lowest BCUT2D eigenvalue weighted by molar-refractivity contribution is 0.586. The average molecular weight is 464 g/mol. The molecule has 168 valence electrons. The van der Waals surface area contributed by atoms with Crippen LogP contribution in [0, 0.1) is 0 Å². The number of rotatable bonds is 2. The lowest BCUT2D eigenvalue weighted by atomic mass is 9.98. The van der Waals surface area contributed by atoms with Gasteiger partial charge in [0, 0.05) is 27.3 Å². The molecular weight excluding hydrogens is 448 g/mol. The molecule has 6 heteroatoms. The van der Waals surface area contributed by atoms with E-state index in [4.69, 9.17) is 9.40 Å². The number of hydrogen-bond donors (Lipinski definition) is 0. The molecule has 0 radical (unpaired) electrons. The third kappa shape index (κ3) is 2.50. The van der Waals surface area contributed by atoms with Gasteiger partial charge in [-0.05, 0) is 52.6 Å². The van der Waals surface area contributed by atoms with E-state index in [0.717, 1.165) is 49.1 Å². The molecule has 0 aliphatic carbocycles. The van der Waals surface area contributed by atoms with E-state index in [9.17, 15) is 4.79 Å². The van der Waals surface area contributed by atoms with Crippen molar-refractivity contribution in [3.05, 3.63) is 107 Å². The largest absolute Gasteiger partial charge is 0.416 e. The number of pyridine rings is 1. The highest BCUT2D eigenvalue weighted by Crippen LogP contribution is 2.37. The summed E-state index contributed by atoms with van der Waals surface area (Å²) in [7, 11) is 0. The van der Waals surface area contributed by atoms with Crippen LogP contribution in [0.5, 0.6) is 0 Å². The smallest absolute Gasteiger partial charge is 0.264 e. The molecule has 3 aromatic heterocycles. The Morgan fingerprint density at radius 1 is 0.611 bits per heavy atom. The van der Waals surface area contributed by atoms with Crippen molar-refractivity contribution in [2.24, 2.45) is 0 Å². The Bertz CT molecular complexity index is 2190. The van der Waals surface area contributed by atoms with Crippen LogP contribution in [0.4, 0.5) is 0 Å². The predicted molar refractivity (Wildman–Crippen MR) is 141 cm³/mol. The average Bonchev–Trinajstić information content (AvgIpc) is 3.57. The summed E-state index contributed by atoms with van der Waals surface area (Å²) in [5.41, 5.74) is 3.84. The summed E-state index contributed by atoms with van der Waals surface area (Å²) in [5.74, 6) is 0.869. The maximum absolute atomic E-state index is 13.6. The zero-order valence-corrected chi connectivity index (χ0v) is 18.8. The van der Waals surface area contributed by atoms with Gasteiger partial charge < -0.3 is 4.42 Å². The monoisotopic (exact) mass is 464 g/mol. The Balaban J connectivity index is 1.40. The third-order valence-corrected chi connectivity index (χ3v) is 6.95. The SMILES string of the molecule is O=c1c2cccc3c(-c4nnc(-c5cccc6ccccc56)o4)ccc(c32)c2nc3ccccc3n12. The van der Waals surface area contributed by atoms with Gasteiger partial charge in [0.1, 0.15) is 5.65 Å². The molecule has 0 bridgehead atoms. The van der Waals surface area contributed by atoms with Crippen molar-refractivity contribution in [3.8, 4) is 22.9 Å². The Labute approximate surface area is 203 Å². The molecule has 0 atom stereocenters. The molecule has 0 aliphatic rings. The Hall–Kier alpha value is -5.10. The molecule has 5 aromatic carbocycles. The standard InChI is InChI=1S/C30H16N4O2/c35-30-23-12-6-10-19-21(15-16-22(26(19)23)27-31-24-13-3-4-14-25(24)34(27)30)29-33-32-28(36-29)20-11-5-8-17-7-1-2-9-18(17)20/h1-16H. The molecule has 0 amide bonds. The number of benzene rings is 5. The molecule has 8 aromatic rings. The molecular formula is C30H16N4O2. The maximum atomic E-state index is 13.6. The summed E-state index contributed by atoms with van der Waals surface area (Å²) in [6.45, 7) is 0. The topological polar surface area (TPSA) is 73.3 Å². The van der Waals surface area contributed by atoms with Crippen LogP contribution in [-0.4, -0.2) is 19.6 Å². The van der Waals surface area contributed by atoms with Gasteiger partial charge in [-0.3, -0.25) is 9.20 Å². The molecule has 0 spiro atoms. The number of imidazole rings is 1. The summed E-state index contributed by atoms with van der Waals surface area (Å²) < 4.78 is 7.93. The number of hydrogen-bond acceptors (Lipinski definition) is 5. The highest BCUT2D eigenvalue weighted by molar-refractivity contribution is 6.18. The minimum Gasteiger partial charge on any atom is -0.416 e. The summed E-state index contributed by atoms with van der Waals surface area (Å²) in [5, 5.41) is 14.2. The van der Waals surface area contributed by atoms with Crippen LogP contribution in [0.15, 0.2) is 106 Å². The van der Waals surface area contributed by atoms with Crippen LogP contribution in [0.2, 0.25) is 0 Å². The molecule has 3 heterocycles. The molecule has 36 heavy (non-hydrogen) atoms. The molecule has 0 saturated carbocycles. The minimum absolute atomic E-state index is 0.0871. The second kappa shape index (κ2) is 6.96. The van der Waals surface area contributed by atoms with Crippen LogP contribution in [0.3, 0.4) is 0 Å². The van der Waals surface area contributed by atoms with E-state index >= 15 is 0 Å². The van der Waals surface area contributed by atoms with Crippen molar-refractivity contribution in [3.63, 3.8) is 0 Å². The van der Waals surface area contributed by atoms with Gasteiger partial charge in [0.15, 0.2) is 0 Å². The van der Waals surface area contributed by atoms with Crippen molar-refractivity contribution in [1.29, 1.82) is 0 Å². The van der Waals surface area contributed by atoms with Gasteiger partial charge in [-0.2, -0.15) is 0 Å². The Morgan fingerprint density at radius 3 is 2.22 bits per heavy atom. The highest BCUT2D eigenvalue weighted by Gasteiger charge is 2.20. The van der Waals surface area contributed by atoms with Crippen LogP contribution in [-0.2, 0) is 0 Å². The summed E-state index contributed by atoms with van der Waals surface area (Å²) >= 11 is 0. The van der Waals surface area contributed by atoms with E-state index in [1.54, 1.807) is 4.40 Å². The fraction of sp³-hybridized carbons (Fsp3) is 0. The number of fused-ring (bicyclic) bond motifs is 5. The van der Waals surface area contributed by atoms with Crippen molar-refractivity contribution >= 4 is 49.0 Å². The lowest BCUT2D eigenvalue weighted by Gasteiger charge is -2.09. The fourth-order valence-corrected chi connectivity index (χ4v) is 5.34. The molecule has 0 N–H and O–H groups in total. The summed E-state index contributed by atoms with van der Waals surface area (Å²) in [6.07, 6.45) is 0. The van der Waals surface area contributed by atoms with Gasteiger partial charge in [-0.1, -0.05) is 60.7 Å². The van der Waals surface area contributed by atoms with Crippen LogP contribution in [0.25, 0.3) is 71.9 Å². The van der Waals surface area contributed by atoms with E-state index in [-0.39, 0.29) is 5.56 Å². The van der Waals surface area contributed by atoms with E-state index in [1.807, 2.05) is 78.9 Å². The van der Waals surface area contributed by atoms with Gasteiger partial charge >= 0.3 is 0 Å². The summed E-state index contributed by atoms with van der Waals surface area (Å²) in [4.78, 5) is 18.4. The molecule has 0 saturated heterocycles. The van der Waals surface area contributed by atoms with Crippen molar-refractivity contribution < 1.29 is 4.42 Å². The minimum atomic E-state index is -0.0871. The molecule has 0 unspecified atom stereocenters. The van der Waals surface area contributed by atoms with Crippen molar-refractivity contribution in [1.82, 2.24) is 19.6 Å². The lowest BCUT2D eigenvalue weighted by Crippen LogP contribution is -2.13. The first kappa shape index (κ1) is 19.2. The zero-order chi connectivity index (χ0) is 23.8. The normalized spacial score (nSPS) is 12.0. The molecule has 0 fully saturated rings. The Morgan fingerprint density at radius 2 is 1.31 bits per heavy atom. The van der Waals surface area contributed by atoms with Gasteiger partial charge in [-0.25, -0.2) is 4.98 Å². The van der Waals surface area contributed by atoms with E-state index in [2.05, 4.69) is 28.4 Å². The second-order valence-corrected chi connectivity index (χ2v) is 8.89. The first-order chi connectivity index (χ1) is 17.8. The Kier molecular flexibility index (Phi) is 3.72. The van der Waals surface area contributed by atoms with Crippen LogP contribution < -0.4 is 5.56 Å². The number of para-hydroxylation sites is 2. The van der Waals surface area contributed by atoms with E-state index in [1.165, 1.54) is 0 Å². The molecule has 0 aliphatic heterocycles. The van der Waals surface area contributed by atoms with E-state index in [0.29, 0.717) is 22.8 Å². The first-order valence-corrected chi connectivity index (χ1v) is 11.7. The summed E-state index contributed by atoms with van der Waals surface area (Å²) in [6, 6.07) is 31.6. The zero-order valence-electron chi connectivity index (χ0n) is 18.8.